The maximum Gasteiger partial charge on any atom is 0.310 e. The molecule has 2 heterocycles. The maximum absolute atomic E-state index is 12.0. The third kappa shape index (κ3) is 4.61. The Balaban J connectivity index is 1.69. The Hall–Kier alpha value is -2.40. The molecule has 5 nitrogen and oxygen atoms in total. The SMILES string of the molecule is CCOC(=O)[C@@H]1CCCN(Cc2cncc(-c3cccc(OC)c3)c2)C1. The lowest BCUT2D eigenvalue weighted by molar-refractivity contribution is -0.150. The minimum Gasteiger partial charge on any atom is -0.497 e. The summed E-state index contributed by atoms with van der Waals surface area (Å²) in [7, 11) is 1.67. The van der Waals surface area contributed by atoms with Crippen molar-refractivity contribution >= 4 is 5.97 Å². The van der Waals surface area contributed by atoms with Crippen LogP contribution in [-0.2, 0) is 16.1 Å². The molecule has 1 aromatic heterocycles. The minimum atomic E-state index is -0.0690. The molecule has 0 unspecified atom stereocenters. The van der Waals surface area contributed by atoms with Crippen LogP contribution in [0.15, 0.2) is 42.7 Å². The Morgan fingerprint density at radius 2 is 2.15 bits per heavy atom. The molecule has 1 aliphatic rings. The lowest BCUT2D eigenvalue weighted by Crippen LogP contribution is -2.38. The van der Waals surface area contributed by atoms with Gasteiger partial charge < -0.3 is 9.47 Å². The van der Waals surface area contributed by atoms with E-state index in [4.69, 9.17) is 9.47 Å². The summed E-state index contributed by atoms with van der Waals surface area (Å²) in [5.74, 6) is 0.750. The number of piperidine rings is 1. The normalized spacial score (nSPS) is 17.7. The molecule has 0 spiro atoms. The first-order valence-corrected chi connectivity index (χ1v) is 9.17. The average Bonchev–Trinajstić information content (AvgIpc) is 2.68. The van der Waals surface area contributed by atoms with E-state index >= 15 is 0 Å². The van der Waals surface area contributed by atoms with Crippen LogP contribution in [0.4, 0.5) is 0 Å². The standard InChI is InChI=1S/C21H26N2O3/c1-3-26-21(24)18-7-5-9-23(15-18)14-16-10-19(13-22-12-16)17-6-4-8-20(11-17)25-2/h4,6,8,10-13,18H,3,5,7,9,14-15H2,1-2H3/t18-/m1/s1. The molecule has 138 valence electrons. The highest BCUT2D eigenvalue weighted by atomic mass is 16.5. The molecule has 3 rings (SSSR count). The van der Waals surface area contributed by atoms with Crippen LogP contribution in [0.25, 0.3) is 11.1 Å². The van der Waals surface area contributed by atoms with Crippen molar-refractivity contribution in [3.05, 3.63) is 48.3 Å². The third-order valence-electron chi connectivity index (χ3n) is 4.73. The molecule has 0 aliphatic carbocycles. The molecule has 26 heavy (non-hydrogen) atoms. The van der Waals surface area contributed by atoms with E-state index in [9.17, 15) is 4.79 Å². The lowest BCUT2D eigenvalue weighted by Gasteiger charge is -2.31. The van der Waals surface area contributed by atoms with Crippen LogP contribution in [0.2, 0.25) is 0 Å². The van der Waals surface area contributed by atoms with Gasteiger partial charge in [-0.1, -0.05) is 12.1 Å². The van der Waals surface area contributed by atoms with Crippen molar-refractivity contribution in [2.24, 2.45) is 5.92 Å². The van der Waals surface area contributed by atoms with Gasteiger partial charge in [0.15, 0.2) is 0 Å². The predicted octanol–water partition coefficient (Wildman–Crippen LogP) is 3.53. The molecule has 1 aromatic carbocycles. The molecule has 0 N–H and O–H groups in total. The van der Waals surface area contributed by atoms with E-state index < -0.39 is 0 Å². The number of methoxy groups -OCH3 is 1. The van der Waals surface area contributed by atoms with Crippen LogP contribution in [0.3, 0.4) is 0 Å². The number of benzene rings is 1. The number of pyridine rings is 1. The molecule has 0 radical (unpaired) electrons. The highest BCUT2D eigenvalue weighted by Crippen LogP contribution is 2.25. The van der Waals surface area contributed by atoms with E-state index in [1.54, 1.807) is 7.11 Å². The van der Waals surface area contributed by atoms with E-state index in [1.165, 1.54) is 0 Å². The highest BCUT2D eigenvalue weighted by molar-refractivity contribution is 5.72. The maximum atomic E-state index is 12.0. The summed E-state index contributed by atoms with van der Waals surface area (Å²) >= 11 is 0. The summed E-state index contributed by atoms with van der Waals surface area (Å²) in [6.45, 7) is 4.85. The number of rotatable bonds is 6. The Bertz CT molecular complexity index is 748. The quantitative estimate of drug-likeness (QED) is 0.743. The summed E-state index contributed by atoms with van der Waals surface area (Å²) in [5.41, 5.74) is 3.30. The first-order chi connectivity index (χ1) is 12.7. The van der Waals surface area contributed by atoms with Crippen LogP contribution in [0.5, 0.6) is 5.75 Å². The van der Waals surface area contributed by atoms with Gasteiger partial charge in [-0.05, 0) is 55.6 Å². The van der Waals surface area contributed by atoms with Crippen molar-refractivity contribution < 1.29 is 14.3 Å². The second-order valence-electron chi connectivity index (χ2n) is 6.64. The summed E-state index contributed by atoms with van der Waals surface area (Å²) in [6, 6.07) is 10.1. The molecule has 1 fully saturated rings. The molecular weight excluding hydrogens is 328 g/mol. The van der Waals surface area contributed by atoms with E-state index in [2.05, 4.69) is 22.0 Å². The lowest BCUT2D eigenvalue weighted by atomic mass is 9.97. The van der Waals surface area contributed by atoms with Crippen LogP contribution in [-0.4, -0.2) is 42.7 Å². The van der Waals surface area contributed by atoms with Gasteiger partial charge in [0.1, 0.15) is 5.75 Å². The Kier molecular flexibility index (Phi) is 6.23. The zero-order chi connectivity index (χ0) is 18.4. The molecule has 0 amide bonds. The van der Waals surface area contributed by atoms with E-state index in [0.717, 1.165) is 54.9 Å². The third-order valence-corrected chi connectivity index (χ3v) is 4.73. The van der Waals surface area contributed by atoms with Crippen LogP contribution in [0.1, 0.15) is 25.3 Å². The predicted molar refractivity (Wildman–Crippen MR) is 101 cm³/mol. The largest absolute Gasteiger partial charge is 0.497 e. The van der Waals surface area contributed by atoms with Crippen LogP contribution < -0.4 is 4.74 Å². The number of aromatic nitrogens is 1. The summed E-state index contributed by atoms with van der Waals surface area (Å²) < 4.78 is 10.5. The first-order valence-electron chi connectivity index (χ1n) is 9.17. The molecular formula is C21H26N2O3. The number of carbonyl (C=O) groups excluding carboxylic acids is 1. The Morgan fingerprint density at radius 3 is 2.96 bits per heavy atom. The van der Waals surface area contributed by atoms with E-state index in [0.29, 0.717) is 6.61 Å². The molecule has 5 heteroatoms. The zero-order valence-corrected chi connectivity index (χ0v) is 15.5. The van der Waals surface area contributed by atoms with Crippen molar-refractivity contribution in [1.29, 1.82) is 0 Å². The highest BCUT2D eigenvalue weighted by Gasteiger charge is 2.26. The molecule has 2 aromatic rings. The van der Waals surface area contributed by atoms with Gasteiger partial charge in [-0.2, -0.15) is 0 Å². The summed E-state index contributed by atoms with van der Waals surface area (Å²) in [4.78, 5) is 18.7. The van der Waals surface area contributed by atoms with Gasteiger partial charge in [0.25, 0.3) is 0 Å². The second kappa shape index (κ2) is 8.81. The fourth-order valence-corrected chi connectivity index (χ4v) is 3.44. The summed E-state index contributed by atoms with van der Waals surface area (Å²) in [6.07, 6.45) is 5.71. The topological polar surface area (TPSA) is 51.7 Å². The number of likely N-dealkylation sites (tertiary alicyclic amines) is 1. The first kappa shape index (κ1) is 18.4. The fourth-order valence-electron chi connectivity index (χ4n) is 3.44. The average molecular weight is 354 g/mol. The van der Waals surface area contributed by atoms with Crippen molar-refractivity contribution in [2.45, 2.75) is 26.3 Å². The Morgan fingerprint density at radius 1 is 1.27 bits per heavy atom. The number of hydrogen-bond donors (Lipinski definition) is 0. The van der Waals surface area contributed by atoms with Gasteiger partial charge in [0.05, 0.1) is 19.6 Å². The van der Waals surface area contributed by atoms with Crippen molar-refractivity contribution in [2.75, 3.05) is 26.8 Å². The van der Waals surface area contributed by atoms with Gasteiger partial charge in [0.2, 0.25) is 0 Å². The van der Waals surface area contributed by atoms with Gasteiger partial charge in [-0.25, -0.2) is 0 Å². The smallest absolute Gasteiger partial charge is 0.310 e. The van der Waals surface area contributed by atoms with Crippen LogP contribution in [0, 0.1) is 5.92 Å². The second-order valence-corrected chi connectivity index (χ2v) is 6.64. The van der Waals surface area contributed by atoms with E-state index in [1.807, 2.05) is 37.5 Å². The van der Waals surface area contributed by atoms with Gasteiger partial charge in [0, 0.05) is 31.0 Å². The van der Waals surface area contributed by atoms with Crippen molar-refractivity contribution in [1.82, 2.24) is 9.88 Å². The molecule has 1 saturated heterocycles. The van der Waals surface area contributed by atoms with Gasteiger partial charge in [-0.3, -0.25) is 14.7 Å². The van der Waals surface area contributed by atoms with Crippen molar-refractivity contribution in [3.63, 3.8) is 0 Å². The Labute approximate surface area is 155 Å². The number of carbonyl (C=O) groups is 1. The molecule has 1 atom stereocenters. The fraction of sp³-hybridized carbons (Fsp3) is 0.429. The molecule has 0 saturated carbocycles. The molecule has 0 bridgehead atoms. The van der Waals surface area contributed by atoms with Crippen molar-refractivity contribution in [3.8, 4) is 16.9 Å². The van der Waals surface area contributed by atoms with Gasteiger partial charge >= 0.3 is 5.97 Å². The zero-order valence-electron chi connectivity index (χ0n) is 15.5. The van der Waals surface area contributed by atoms with Crippen LogP contribution >= 0.6 is 0 Å². The summed E-state index contributed by atoms with van der Waals surface area (Å²) in [5, 5.41) is 0. The number of ether oxygens (including phenoxy) is 2. The minimum absolute atomic E-state index is 0.0155. The number of nitrogens with zero attached hydrogens (tertiary/aromatic N) is 2. The van der Waals surface area contributed by atoms with E-state index in [-0.39, 0.29) is 11.9 Å². The number of esters is 1. The molecule has 1 aliphatic heterocycles. The monoisotopic (exact) mass is 354 g/mol. The number of hydrogen-bond acceptors (Lipinski definition) is 5. The van der Waals surface area contributed by atoms with Gasteiger partial charge in [-0.15, -0.1) is 0 Å².